The van der Waals surface area contributed by atoms with Crippen molar-refractivity contribution >= 4 is 104 Å². The van der Waals surface area contributed by atoms with Gasteiger partial charge >= 0.3 is 5.97 Å². The minimum atomic E-state index is -0.961. The molecule has 16 bridgehead atoms. The highest BCUT2D eigenvalue weighted by atomic mass is 16.4. The highest BCUT2D eigenvalue weighted by Gasteiger charge is 2.05. The Morgan fingerprint density at radius 1 is 0.404 bits per heavy atom. The molecule has 6 aromatic rings. The van der Waals surface area contributed by atoms with Crippen molar-refractivity contribution in [3.8, 4) is 0 Å². The number of aliphatic carboxylic acids is 1. The van der Waals surface area contributed by atoms with Gasteiger partial charge in [0, 0.05) is 50.6 Å². The number of H-pyrrole nitrogens is 4. The van der Waals surface area contributed by atoms with Crippen LogP contribution in [0.2, 0.25) is 0 Å². The summed E-state index contributed by atoms with van der Waals surface area (Å²) in [5, 5.41) is 8.06. The zero-order valence-corrected chi connectivity index (χ0v) is 30.6. The molecule has 0 aromatic carbocycles. The summed E-state index contributed by atoms with van der Waals surface area (Å²) in [5.74, 6) is -1.17. The second kappa shape index (κ2) is 16.3. The number of nitrogens with one attached hydrogen (secondary N) is 4. The summed E-state index contributed by atoms with van der Waals surface area (Å²) in [6, 6.07) is 32.8. The molecule has 6 aromatic heterocycles. The van der Waals surface area contributed by atoms with Gasteiger partial charge in [-0.25, -0.2) is 19.9 Å². The fraction of sp³-hybridized carbons (Fsp3) is 0.0667. The number of nitrogens with zero attached hydrogens (tertiary/aromatic N) is 4. The maximum absolute atomic E-state index is 10.3. The SMILES string of the molecule is C1=Cc2cc3ccc(cc4ccc(cc5nc(cc1n2)C=C5)[nH]4)[nH]3.C1=Cc2cc3ccc(cc4ccc(cc5nc(cc1n2)C=C5)[nH]4)[nH]3.NCC(=O)CCC(=O)O. The lowest BCUT2D eigenvalue weighted by molar-refractivity contribution is -0.138. The van der Waals surface area contributed by atoms with E-state index < -0.39 is 5.97 Å². The van der Waals surface area contributed by atoms with Crippen LogP contribution in [-0.4, -0.2) is 63.3 Å². The van der Waals surface area contributed by atoms with E-state index in [0.717, 1.165) is 89.7 Å². The van der Waals surface area contributed by atoms with Crippen molar-refractivity contribution in [1.82, 2.24) is 39.9 Å². The van der Waals surface area contributed by atoms with Crippen molar-refractivity contribution in [2.75, 3.05) is 6.54 Å². The topological polar surface area (TPSA) is 195 Å². The van der Waals surface area contributed by atoms with Crippen LogP contribution in [0.25, 0.3) is 92.7 Å². The van der Waals surface area contributed by atoms with E-state index in [0.29, 0.717) is 0 Å². The molecule has 57 heavy (non-hydrogen) atoms. The number of carboxylic acids is 1. The Kier molecular flexibility index (Phi) is 10.4. The molecular weight excluding hydrogens is 715 g/mol. The van der Waals surface area contributed by atoms with Gasteiger partial charge in [0.1, 0.15) is 5.78 Å². The van der Waals surface area contributed by atoms with E-state index in [2.05, 4.69) is 101 Å². The summed E-state index contributed by atoms with van der Waals surface area (Å²) >= 11 is 0. The van der Waals surface area contributed by atoms with Crippen LogP contribution in [0.15, 0.2) is 97.1 Å². The molecule has 12 nitrogen and oxygen atoms in total. The number of hydrogen-bond acceptors (Lipinski definition) is 7. The number of hydrogen-bond donors (Lipinski definition) is 6. The highest BCUT2D eigenvalue weighted by Crippen LogP contribution is 2.19. The summed E-state index contributed by atoms with van der Waals surface area (Å²) in [5.41, 5.74) is 20.6. The first-order valence-electron chi connectivity index (χ1n) is 18.3. The average Bonchev–Trinajstić information content (AvgIpc) is 4.04. The minimum Gasteiger partial charge on any atom is -0.481 e. The van der Waals surface area contributed by atoms with Crippen LogP contribution in [-0.2, 0) is 9.59 Å². The zero-order chi connectivity index (χ0) is 39.1. The van der Waals surface area contributed by atoms with Crippen LogP contribution >= 0.6 is 0 Å². The Bertz CT molecular complexity index is 2610. The van der Waals surface area contributed by atoms with E-state index in [1.807, 2.05) is 85.0 Å². The maximum atomic E-state index is 10.3. The van der Waals surface area contributed by atoms with Gasteiger partial charge in [0.25, 0.3) is 0 Å². The smallest absolute Gasteiger partial charge is 0.303 e. The first-order valence-corrected chi connectivity index (χ1v) is 18.3. The van der Waals surface area contributed by atoms with E-state index in [4.69, 9.17) is 10.8 Å². The zero-order valence-electron chi connectivity index (χ0n) is 30.6. The second-order valence-electron chi connectivity index (χ2n) is 13.4. The predicted molar refractivity (Wildman–Crippen MR) is 229 cm³/mol. The summed E-state index contributed by atoms with van der Waals surface area (Å²) < 4.78 is 0. The normalized spacial score (nSPS) is 12.1. The molecule has 0 amide bonds. The van der Waals surface area contributed by atoms with Crippen molar-refractivity contribution in [1.29, 1.82) is 0 Å². The van der Waals surface area contributed by atoms with Gasteiger partial charge in [0.05, 0.1) is 58.5 Å². The standard InChI is InChI=1S/2C20H14N4.C5H9NO3/c2*1-2-14-10-16-5-6-18(23-16)12-20-8-7-19(24-20)11-17-4-3-15(22-17)9-13(1)21-14;6-3-4(7)1-2-5(8)9/h2*1-12,21-22H;1-3,6H2,(H,8,9). The number of nitrogens with two attached hydrogens (primary N) is 1. The third-order valence-corrected chi connectivity index (χ3v) is 8.93. The van der Waals surface area contributed by atoms with Gasteiger partial charge in [-0.1, -0.05) is 0 Å². The summed E-state index contributed by atoms with van der Waals surface area (Å²) in [4.78, 5) is 52.2. The van der Waals surface area contributed by atoms with Gasteiger partial charge in [0.2, 0.25) is 0 Å². The molecule has 4 aliphatic heterocycles. The molecule has 0 saturated carbocycles. The Morgan fingerprint density at radius 3 is 0.895 bits per heavy atom. The number of aromatic nitrogens is 8. The van der Waals surface area contributed by atoms with E-state index in [9.17, 15) is 9.59 Å². The van der Waals surface area contributed by atoms with Gasteiger partial charge in [-0.05, 0) is 146 Å². The number of carboxylic acid groups (broad SMARTS) is 1. The van der Waals surface area contributed by atoms with E-state index >= 15 is 0 Å². The Balaban J connectivity index is 0.000000133. The third kappa shape index (κ3) is 9.70. The quantitative estimate of drug-likeness (QED) is 0.103. The van der Waals surface area contributed by atoms with Crippen LogP contribution in [0.1, 0.15) is 58.4 Å². The van der Waals surface area contributed by atoms with E-state index in [-0.39, 0.29) is 25.2 Å². The Morgan fingerprint density at radius 2 is 0.649 bits per heavy atom. The highest BCUT2D eigenvalue weighted by molar-refractivity contribution is 5.84. The molecule has 4 aliphatic rings. The molecule has 0 unspecified atom stereocenters. The molecule has 0 aliphatic carbocycles. The maximum Gasteiger partial charge on any atom is 0.303 e. The Hall–Kier alpha value is -7.70. The number of carbonyl (C=O) groups excluding carboxylic acids is 1. The molecule has 280 valence electrons. The van der Waals surface area contributed by atoms with Crippen molar-refractivity contribution in [3.63, 3.8) is 0 Å². The second-order valence-corrected chi connectivity index (χ2v) is 13.4. The first-order chi connectivity index (χ1) is 27.8. The minimum absolute atomic E-state index is 0.0475. The predicted octanol–water partition coefficient (Wildman–Crippen LogP) is 8.69. The van der Waals surface area contributed by atoms with Gasteiger partial charge in [-0.2, -0.15) is 0 Å². The number of Topliss-reactive ketones (excluding diaryl/α,β-unsaturated/α-hetero) is 1. The van der Waals surface area contributed by atoms with Crippen molar-refractivity contribution < 1.29 is 14.7 Å². The van der Waals surface area contributed by atoms with Crippen molar-refractivity contribution in [2.24, 2.45) is 5.73 Å². The fourth-order valence-corrected chi connectivity index (χ4v) is 6.24. The van der Waals surface area contributed by atoms with Gasteiger partial charge in [-0.3, -0.25) is 9.59 Å². The Labute approximate surface area is 326 Å². The first kappa shape index (κ1) is 36.3. The lowest BCUT2D eigenvalue weighted by Crippen LogP contribution is -2.14. The summed E-state index contributed by atoms with van der Waals surface area (Å²) in [6.45, 7) is -0.0622. The van der Waals surface area contributed by atoms with Gasteiger partial charge < -0.3 is 30.8 Å². The molecule has 0 saturated heterocycles. The number of fused-ring (bicyclic) bond motifs is 16. The van der Waals surface area contributed by atoms with Crippen molar-refractivity contribution in [2.45, 2.75) is 12.8 Å². The molecule has 0 fully saturated rings. The van der Waals surface area contributed by atoms with E-state index in [1.165, 1.54) is 0 Å². The molecule has 10 heterocycles. The molecule has 7 N–H and O–H groups in total. The molecule has 0 spiro atoms. The average molecular weight is 752 g/mol. The molecule has 10 rings (SSSR count). The van der Waals surface area contributed by atoms with Crippen LogP contribution in [0, 0.1) is 0 Å². The summed E-state index contributed by atoms with van der Waals surface area (Å²) in [6.07, 6.45) is 16.0. The van der Waals surface area contributed by atoms with Gasteiger partial charge in [-0.15, -0.1) is 0 Å². The number of ketones is 1. The number of rotatable bonds is 4. The largest absolute Gasteiger partial charge is 0.481 e. The van der Waals surface area contributed by atoms with Crippen LogP contribution in [0.3, 0.4) is 0 Å². The number of carbonyl (C=O) groups is 2. The molecular formula is C45H37N9O3. The number of aromatic amines is 4. The monoisotopic (exact) mass is 751 g/mol. The van der Waals surface area contributed by atoms with Crippen LogP contribution < -0.4 is 5.73 Å². The third-order valence-electron chi connectivity index (χ3n) is 8.93. The molecule has 12 heteroatoms. The van der Waals surface area contributed by atoms with Crippen molar-refractivity contribution in [3.05, 3.63) is 143 Å². The lowest BCUT2D eigenvalue weighted by Gasteiger charge is -1.90. The van der Waals surface area contributed by atoms with Crippen LogP contribution in [0.4, 0.5) is 0 Å². The van der Waals surface area contributed by atoms with Crippen LogP contribution in [0.5, 0.6) is 0 Å². The fourth-order valence-electron chi connectivity index (χ4n) is 6.24. The molecule has 0 atom stereocenters. The van der Waals surface area contributed by atoms with Gasteiger partial charge in [0.15, 0.2) is 0 Å². The lowest BCUT2D eigenvalue weighted by atomic mass is 10.2. The van der Waals surface area contributed by atoms with E-state index in [1.54, 1.807) is 0 Å². The summed E-state index contributed by atoms with van der Waals surface area (Å²) in [7, 11) is 0. The molecule has 0 radical (unpaired) electrons.